The fourth-order valence-electron chi connectivity index (χ4n) is 5.32. The Morgan fingerprint density at radius 3 is 1.86 bits per heavy atom. The Morgan fingerprint density at radius 2 is 1.27 bits per heavy atom. The Bertz CT molecular complexity index is 746. The van der Waals surface area contributed by atoms with Crippen LogP contribution in [-0.2, 0) is 14.3 Å². The number of allylic oxidation sites excluding steroid dienone is 3. The minimum Gasteiger partial charge on any atom is -0.394 e. The number of hydrogen-bond acceptors (Lipinski definition) is 8. The molecule has 1 amide bonds. The van der Waals surface area contributed by atoms with Crippen LogP contribution >= 0.6 is 0 Å². The maximum atomic E-state index is 12.8. The molecule has 9 heteroatoms. The van der Waals surface area contributed by atoms with Crippen LogP contribution in [0.1, 0.15) is 136 Å². The first-order valence-corrected chi connectivity index (χ1v) is 17.6. The molecule has 7 unspecified atom stereocenters. The van der Waals surface area contributed by atoms with Crippen LogP contribution in [0, 0.1) is 0 Å². The van der Waals surface area contributed by atoms with Gasteiger partial charge in [0.2, 0.25) is 5.91 Å². The summed E-state index contributed by atoms with van der Waals surface area (Å²) in [5, 5.41) is 53.6. The first-order valence-electron chi connectivity index (χ1n) is 17.6. The largest absolute Gasteiger partial charge is 0.394 e. The van der Waals surface area contributed by atoms with Gasteiger partial charge in [0.25, 0.3) is 0 Å². The molecule has 6 N–H and O–H groups in total. The van der Waals surface area contributed by atoms with E-state index in [1.165, 1.54) is 57.8 Å². The molecule has 7 atom stereocenters. The first-order chi connectivity index (χ1) is 21.3. The molecule has 9 nitrogen and oxygen atoms in total. The second kappa shape index (κ2) is 26.8. The minimum absolute atomic E-state index is 0.191. The fourth-order valence-corrected chi connectivity index (χ4v) is 5.32. The van der Waals surface area contributed by atoms with Crippen LogP contribution in [0.15, 0.2) is 24.3 Å². The van der Waals surface area contributed by atoms with E-state index in [1.54, 1.807) is 6.08 Å². The Kier molecular flexibility index (Phi) is 24.8. The summed E-state index contributed by atoms with van der Waals surface area (Å²) in [5.41, 5.74) is 0. The van der Waals surface area contributed by atoms with Crippen molar-refractivity contribution in [2.45, 2.75) is 179 Å². The van der Waals surface area contributed by atoms with Gasteiger partial charge in [-0.25, -0.2) is 0 Å². The normalized spacial score (nSPS) is 23.8. The summed E-state index contributed by atoms with van der Waals surface area (Å²) in [6.45, 7) is 3.66. The summed E-state index contributed by atoms with van der Waals surface area (Å²) < 4.78 is 11.1. The van der Waals surface area contributed by atoms with Gasteiger partial charge >= 0.3 is 0 Å². The van der Waals surface area contributed by atoms with Gasteiger partial charge in [0, 0.05) is 6.42 Å². The van der Waals surface area contributed by atoms with Crippen molar-refractivity contribution in [3.63, 3.8) is 0 Å². The van der Waals surface area contributed by atoms with E-state index in [9.17, 15) is 30.3 Å². The number of aliphatic hydroxyl groups is 5. The van der Waals surface area contributed by atoms with E-state index in [0.717, 1.165) is 57.8 Å². The van der Waals surface area contributed by atoms with E-state index >= 15 is 0 Å². The zero-order valence-corrected chi connectivity index (χ0v) is 27.7. The van der Waals surface area contributed by atoms with Crippen molar-refractivity contribution in [2.24, 2.45) is 0 Å². The van der Waals surface area contributed by atoms with Gasteiger partial charge in [0.05, 0.1) is 25.4 Å². The van der Waals surface area contributed by atoms with E-state index in [0.29, 0.717) is 6.42 Å². The number of aliphatic hydroxyl groups excluding tert-OH is 5. The van der Waals surface area contributed by atoms with Gasteiger partial charge in [-0.1, -0.05) is 109 Å². The van der Waals surface area contributed by atoms with Crippen molar-refractivity contribution >= 4 is 5.91 Å². The van der Waals surface area contributed by atoms with Crippen molar-refractivity contribution in [3.8, 4) is 0 Å². The molecule has 1 fully saturated rings. The quantitative estimate of drug-likeness (QED) is 0.0537. The number of hydrogen-bond donors (Lipinski definition) is 6. The van der Waals surface area contributed by atoms with Crippen LogP contribution in [0.2, 0.25) is 0 Å². The molecule has 0 aromatic carbocycles. The molecule has 44 heavy (non-hydrogen) atoms. The lowest BCUT2D eigenvalue weighted by atomic mass is 9.99. The maximum absolute atomic E-state index is 12.8. The highest BCUT2D eigenvalue weighted by Crippen LogP contribution is 2.22. The molecule has 1 aliphatic heterocycles. The SMILES string of the molecule is CCCCCC/C=C\CCCCCCCC(=O)NC(COC1OC(CO)C(O)C(O)C1O)C(O)/C=C/CCCCCCCC. The van der Waals surface area contributed by atoms with Crippen molar-refractivity contribution in [2.75, 3.05) is 13.2 Å². The Morgan fingerprint density at radius 1 is 0.750 bits per heavy atom. The molecule has 0 spiro atoms. The molecule has 258 valence electrons. The number of nitrogens with one attached hydrogen (secondary N) is 1. The number of unbranched alkanes of at least 4 members (excludes halogenated alkanes) is 15. The number of carbonyl (C=O) groups is 1. The van der Waals surface area contributed by atoms with E-state index in [4.69, 9.17) is 9.47 Å². The van der Waals surface area contributed by atoms with E-state index < -0.39 is 49.5 Å². The average Bonchev–Trinajstić information content (AvgIpc) is 3.02. The van der Waals surface area contributed by atoms with Gasteiger partial charge in [-0.15, -0.1) is 0 Å². The molecule has 0 aromatic heterocycles. The van der Waals surface area contributed by atoms with Gasteiger partial charge in [-0.2, -0.15) is 0 Å². The highest BCUT2D eigenvalue weighted by atomic mass is 16.7. The third-order valence-electron chi connectivity index (χ3n) is 8.27. The zero-order valence-electron chi connectivity index (χ0n) is 27.7. The molecule has 0 aliphatic carbocycles. The number of amides is 1. The number of carbonyl (C=O) groups excluding carboxylic acids is 1. The minimum atomic E-state index is -1.56. The Balaban J connectivity index is 2.49. The topological polar surface area (TPSA) is 149 Å². The average molecular weight is 628 g/mol. The Hall–Kier alpha value is -1.33. The van der Waals surface area contributed by atoms with Crippen molar-refractivity contribution in [1.29, 1.82) is 0 Å². The van der Waals surface area contributed by atoms with Gasteiger partial charge in [-0.05, 0) is 44.9 Å². The molecular formula is C35H65NO8. The predicted molar refractivity (Wildman–Crippen MR) is 175 cm³/mol. The monoisotopic (exact) mass is 627 g/mol. The smallest absolute Gasteiger partial charge is 0.220 e. The highest BCUT2D eigenvalue weighted by molar-refractivity contribution is 5.76. The maximum Gasteiger partial charge on any atom is 0.220 e. The summed E-state index contributed by atoms with van der Waals surface area (Å²) in [5.74, 6) is -0.193. The predicted octanol–water partition coefficient (Wildman–Crippen LogP) is 5.21. The number of rotatable bonds is 27. The molecule has 0 bridgehead atoms. The molecule has 0 saturated carbocycles. The summed E-state index contributed by atoms with van der Waals surface area (Å²) >= 11 is 0. The third-order valence-corrected chi connectivity index (χ3v) is 8.27. The molecule has 1 aliphatic rings. The summed E-state index contributed by atoms with van der Waals surface area (Å²) in [7, 11) is 0. The molecular weight excluding hydrogens is 562 g/mol. The van der Waals surface area contributed by atoms with Crippen LogP contribution in [0.25, 0.3) is 0 Å². The van der Waals surface area contributed by atoms with E-state index in [2.05, 4.69) is 31.3 Å². The zero-order chi connectivity index (χ0) is 32.4. The number of ether oxygens (including phenoxy) is 2. The van der Waals surface area contributed by atoms with Crippen LogP contribution in [-0.4, -0.2) is 87.5 Å². The molecule has 1 saturated heterocycles. The lowest BCUT2D eigenvalue weighted by Crippen LogP contribution is -2.60. The second-order valence-corrected chi connectivity index (χ2v) is 12.3. The van der Waals surface area contributed by atoms with Crippen LogP contribution in [0.3, 0.4) is 0 Å². The molecule has 0 radical (unpaired) electrons. The lowest BCUT2D eigenvalue weighted by Gasteiger charge is -2.40. The van der Waals surface area contributed by atoms with Crippen LogP contribution in [0.4, 0.5) is 0 Å². The van der Waals surface area contributed by atoms with Gasteiger partial charge in [-0.3, -0.25) is 4.79 Å². The fraction of sp³-hybridized carbons (Fsp3) is 0.857. The van der Waals surface area contributed by atoms with Crippen molar-refractivity contribution < 1.29 is 39.8 Å². The van der Waals surface area contributed by atoms with Crippen LogP contribution in [0.5, 0.6) is 0 Å². The molecule has 1 heterocycles. The third kappa shape index (κ3) is 18.6. The summed E-state index contributed by atoms with van der Waals surface area (Å²) in [6, 6.07) is -0.801. The van der Waals surface area contributed by atoms with E-state index in [1.807, 2.05) is 6.08 Å². The highest BCUT2D eigenvalue weighted by Gasteiger charge is 2.44. The Labute approximate surface area is 267 Å². The van der Waals surface area contributed by atoms with Gasteiger partial charge < -0.3 is 40.3 Å². The molecule has 0 aromatic rings. The second-order valence-electron chi connectivity index (χ2n) is 12.3. The lowest BCUT2D eigenvalue weighted by molar-refractivity contribution is -0.302. The van der Waals surface area contributed by atoms with Crippen molar-refractivity contribution in [3.05, 3.63) is 24.3 Å². The van der Waals surface area contributed by atoms with Gasteiger partial charge in [0.15, 0.2) is 6.29 Å². The molecule has 1 rings (SSSR count). The van der Waals surface area contributed by atoms with Crippen LogP contribution < -0.4 is 5.32 Å². The first kappa shape index (κ1) is 40.7. The standard InChI is InChI=1S/C35H65NO8/c1-3-5-7-9-11-13-14-15-16-17-19-21-23-25-31(39)36-28(29(38)24-22-20-18-12-10-8-6-4-2)27-43-35-34(42)33(41)32(40)30(26-37)44-35/h13-14,22,24,28-30,32-35,37-38,40-42H,3-12,15-21,23,25-27H2,1-2H3,(H,36,39)/b14-13-,24-22+. The van der Waals surface area contributed by atoms with E-state index in [-0.39, 0.29) is 12.5 Å². The summed E-state index contributed by atoms with van der Waals surface area (Å²) in [6.07, 6.45) is 20.9. The van der Waals surface area contributed by atoms with Gasteiger partial charge in [0.1, 0.15) is 24.4 Å². The van der Waals surface area contributed by atoms with Crippen molar-refractivity contribution in [1.82, 2.24) is 5.32 Å². The summed E-state index contributed by atoms with van der Waals surface area (Å²) in [4.78, 5) is 12.8.